The highest BCUT2D eigenvalue weighted by atomic mass is 16.5. The second kappa shape index (κ2) is 5.33. The van der Waals surface area contributed by atoms with Crippen molar-refractivity contribution in [3.63, 3.8) is 0 Å². The highest BCUT2D eigenvalue weighted by molar-refractivity contribution is 5.67. The van der Waals surface area contributed by atoms with Gasteiger partial charge in [0.15, 0.2) is 0 Å². The van der Waals surface area contributed by atoms with E-state index in [1.54, 1.807) is 0 Å². The molecule has 0 aromatic heterocycles. The predicted octanol–water partition coefficient (Wildman–Crippen LogP) is 0.255. The molecule has 2 heterocycles. The van der Waals surface area contributed by atoms with Crippen LogP contribution in [0.4, 0.5) is 0 Å². The van der Waals surface area contributed by atoms with Gasteiger partial charge in [0, 0.05) is 31.7 Å². The Balaban J connectivity index is 1.87. The number of likely N-dealkylation sites (N-methyl/N-ethyl adjacent to an activating group) is 1. The number of carbonyl (C=O) groups is 1. The summed E-state index contributed by atoms with van der Waals surface area (Å²) < 4.78 is 5.50. The first-order valence-corrected chi connectivity index (χ1v) is 6.34. The average molecular weight is 242 g/mol. The first-order valence-electron chi connectivity index (χ1n) is 6.34. The van der Waals surface area contributed by atoms with Crippen LogP contribution in [0.1, 0.15) is 19.8 Å². The quantitative estimate of drug-likeness (QED) is 0.769. The minimum atomic E-state index is -0.770. The van der Waals surface area contributed by atoms with Gasteiger partial charge in [-0.05, 0) is 20.4 Å². The Hall–Kier alpha value is -0.650. The van der Waals surface area contributed by atoms with Crippen molar-refractivity contribution in [2.45, 2.75) is 38.0 Å². The Morgan fingerprint density at radius 2 is 2.24 bits per heavy atom. The van der Waals surface area contributed by atoms with Crippen LogP contribution in [0.5, 0.6) is 0 Å². The van der Waals surface area contributed by atoms with E-state index in [0.717, 1.165) is 19.6 Å². The first kappa shape index (κ1) is 12.8. The van der Waals surface area contributed by atoms with E-state index in [4.69, 9.17) is 9.84 Å². The molecule has 1 N–H and O–H groups in total. The normalized spacial score (nSPS) is 36.2. The van der Waals surface area contributed by atoms with Gasteiger partial charge in [-0.25, -0.2) is 0 Å². The summed E-state index contributed by atoms with van der Waals surface area (Å²) in [6, 6.07) is 1.19. The van der Waals surface area contributed by atoms with Crippen LogP contribution in [0, 0.1) is 0 Å². The van der Waals surface area contributed by atoms with E-state index < -0.39 is 5.97 Å². The average Bonchev–Trinajstić information content (AvgIpc) is 2.59. The van der Waals surface area contributed by atoms with Crippen LogP contribution in [-0.2, 0) is 9.53 Å². The number of nitrogens with zero attached hydrogens (tertiary/aromatic N) is 2. The van der Waals surface area contributed by atoms with Gasteiger partial charge in [0.2, 0.25) is 0 Å². The van der Waals surface area contributed by atoms with Crippen molar-refractivity contribution in [2.75, 3.05) is 33.3 Å². The minimum Gasteiger partial charge on any atom is -0.481 e. The lowest BCUT2D eigenvalue weighted by Gasteiger charge is -2.36. The maximum Gasteiger partial charge on any atom is 0.306 e. The zero-order chi connectivity index (χ0) is 12.4. The number of ether oxygens (including phenoxy) is 1. The van der Waals surface area contributed by atoms with Gasteiger partial charge < -0.3 is 14.7 Å². The van der Waals surface area contributed by atoms with Gasteiger partial charge in [-0.15, -0.1) is 0 Å². The Morgan fingerprint density at radius 1 is 1.47 bits per heavy atom. The van der Waals surface area contributed by atoms with E-state index in [2.05, 4.69) is 23.8 Å². The maximum absolute atomic E-state index is 10.7. The standard InChI is InChI=1S/C12H22N2O3/c1-9-5-10(7-13(9)2)14-3-4-17-11(8-14)6-12(15)16/h9-11H,3-8H2,1-2H3,(H,15,16). The number of carboxylic acids is 1. The topological polar surface area (TPSA) is 53.0 Å². The van der Waals surface area contributed by atoms with E-state index >= 15 is 0 Å². The molecule has 5 heteroatoms. The number of rotatable bonds is 3. The van der Waals surface area contributed by atoms with E-state index in [0.29, 0.717) is 18.7 Å². The number of hydrogen-bond acceptors (Lipinski definition) is 4. The number of hydrogen-bond donors (Lipinski definition) is 1. The molecule has 2 saturated heterocycles. The molecule has 0 radical (unpaired) electrons. The highest BCUT2D eigenvalue weighted by Gasteiger charge is 2.33. The fraction of sp³-hybridized carbons (Fsp3) is 0.917. The van der Waals surface area contributed by atoms with Gasteiger partial charge in [-0.1, -0.05) is 0 Å². The summed E-state index contributed by atoms with van der Waals surface area (Å²) in [5.74, 6) is -0.770. The van der Waals surface area contributed by atoms with Crippen molar-refractivity contribution in [1.82, 2.24) is 9.80 Å². The Bertz CT molecular complexity index is 275. The van der Waals surface area contributed by atoms with Gasteiger partial charge in [-0.2, -0.15) is 0 Å². The molecule has 0 aromatic carbocycles. The van der Waals surface area contributed by atoms with E-state index in [-0.39, 0.29) is 12.5 Å². The molecular weight excluding hydrogens is 220 g/mol. The third-order valence-corrected chi connectivity index (χ3v) is 3.95. The van der Waals surface area contributed by atoms with Crippen LogP contribution in [-0.4, -0.2) is 72.4 Å². The van der Waals surface area contributed by atoms with Gasteiger partial charge in [0.1, 0.15) is 0 Å². The van der Waals surface area contributed by atoms with Crippen molar-refractivity contribution in [3.8, 4) is 0 Å². The Kier molecular flexibility index (Phi) is 4.01. The molecule has 0 saturated carbocycles. The molecule has 5 nitrogen and oxygen atoms in total. The number of aliphatic carboxylic acids is 1. The fourth-order valence-electron chi connectivity index (χ4n) is 2.82. The van der Waals surface area contributed by atoms with Crippen molar-refractivity contribution < 1.29 is 14.6 Å². The van der Waals surface area contributed by atoms with Gasteiger partial charge in [0.05, 0.1) is 19.1 Å². The zero-order valence-electron chi connectivity index (χ0n) is 10.6. The smallest absolute Gasteiger partial charge is 0.306 e. The van der Waals surface area contributed by atoms with Gasteiger partial charge >= 0.3 is 5.97 Å². The summed E-state index contributed by atoms with van der Waals surface area (Å²) in [6.45, 7) is 5.68. The maximum atomic E-state index is 10.7. The molecule has 3 atom stereocenters. The predicted molar refractivity (Wildman–Crippen MR) is 64.1 cm³/mol. The summed E-state index contributed by atoms with van der Waals surface area (Å²) in [6.07, 6.45) is 1.16. The lowest BCUT2D eigenvalue weighted by atomic mass is 10.1. The summed E-state index contributed by atoms with van der Waals surface area (Å²) in [4.78, 5) is 15.5. The monoisotopic (exact) mass is 242 g/mol. The molecule has 0 spiro atoms. The van der Waals surface area contributed by atoms with Gasteiger partial charge in [-0.3, -0.25) is 9.69 Å². The van der Waals surface area contributed by atoms with Crippen molar-refractivity contribution in [1.29, 1.82) is 0 Å². The van der Waals surface area contributed by atoms with Crippen LogP contribution in [0.2, 0.25) is 0 Å². The SMILES string of the molecule is CC1CC(N2CCOC(CC(=O)O)C2)CN1C. The lowest BCUT2D eigenvalue weighted by molar-refractivity contribution is -0.142. The highest BCUT2D eigenvalue weighted by Crippen LogP contribution is 2.22. The largest absolute Gasteiger partial charge is 0.481 e. The zero-order valence-corrected chi connectivity index (χ0v) is 10.6. The van der Waals surface area contributed by atoms with E-state index in [1.807, 2.05) is 0 Å². The molecule has 2 rings (SSSR count). The molecule has 0 aliphatic carbocycles. The lowest BCUT2D eigenvalue weighted by Crippen LogP contribution is -2.49. The Labute approximate surface area is 102 Å². The van der Waals surface area contributed by atoms with Gasteiger partial charge in [0.25, 0.3) is 0 Å². The van der Waals surface area contributed by atoms with Crippen molar-refractivity contribution in [2.24, 2.45) is 0 Å². The number of morpholine rings is 1. The number of carboxylic acid groups (broad SMARTS) is 1. The van der Waals surface area contributed by atoms with Crippen LogP contribution >= 0.6 is 0 Å². The molecule has 3 unspecified atom stereocenters. The molecule has 0 aromatic rings. The summed E-state index contributed by atoms with van der Waals surface area (Å²) in [7, 11) is 2.15. The molecule has 0 bridgehead atoms. The molecule has 2 aliphatic heterocycles. The summed E-state index contributed by atoms with van der Waals surface area (Å²) in [5, 5.41) is 8.79. The molecule has 17 heavy (non-hydrogen) atoms. The van der Waals surface area contributed by atoms with Crippen molar-refractivity contribution >= 4 is 5.97 Å². The minimum absolute atomic E-state index is 0.120. The molecule has 2 fully saturated rings. The van der Waals surface area contributed by atoms with Crippen LogP contribution in [0.25, 0.3) is 0 Å². The van der Waals surface area contributed by atoms with Crippen LogP contribution in [0.15, 0.2) is 0 Å². The molecule has 98 valence electrons. The van der Waals surface area contributed by atoms with E-state index in [9.17, 15) is 4.79 Å². The van der Waals surface area contributed by atoms with Crippen LogP contribution in [0.3, 0.4) is 0 Å². The summed E-state index contributed by atoms with van der Waals surface area (Å²) >= 11 is 0. The van der Waals surface area contributed by atoms with E-state index in [1.165, 1.54) is 6.42 Å². The first-order chi connectivity index (χ1) is 8.06. The van der Waals surface area contributed by atoms with Crippen LogP contribution < -0.4 is 0 Å². The third kappa shape index (κ3) is 3.18. The fourth-order valence-corrected chi connectivity index (χ4v) is 2.82. The molecular formula is C12H22N2O3. The number of likely N-dealkylation sites (tertiary alicyclic amines) is 1. The summed E-state index contributed by atoms with van der Waals surface area (Å²) in [5.41, 5.74) is 0. The van der Waals surface area contributed by atoms with Crippen molar-refractivity contribution in [3.05, 3.63) is 0 Å². The second-order valence-corrected chi connectivity index (χ2v) is 5.26. The second-order valence-electron chi connectivity index (χ2n) is 5.26. The molecule has 2 aliphatic rings. The Morgan fingerprint density at radius 3 is 2.82 bits per heavy atom. The third-order valence-electron chi connectivity index (χ3n) is 3.95. The molecule has 0 amide bonds.